The first-order valence-corrected chi connectivity index (χ1v) is 8.15. The number of aryl methyl sites for hydroxylation is 1. The topological polar surface area (TPSA) is 68.5 Å². The molecule has 1 aromatic carbocycles. The smallest absolute Gasteiger partial charge is 0.307 e. The molecule has 0 unspecified atom stereocenters. The summed E-state index contributed by atoms with van der Waals surface area (Å²) in [6.45, 7) is 3.88. The minimum Gasteiger partial charge on any atom is -0.463 e. The molecule has 1 N–H and O–H groups in total. The van der Waals surface area contributed by atoms with Gasteiger partial charge in [-0.1, -0.05) is 30.3 Å². The van der Waals surface area contributed by atoms with Gasteiger partial charge in [0.15, 0.2) is 0 Å². The summed E-state index contributed by atoms with van der Waals surface area (Å²) < 4.78 is 10.8. The molecule has 2 aromatic rings. The Morgan fingerprint density at radius 3 is 2.54 bits per heavy atom. The molecule has 0 aliphatic rings. The van der Waals surface area contributed by atoms with E-state index in [4.69, 9.17) is 9.15 Å². The van der Waals surface area contributed by atoms with Gasteiger partial charge in [-0.25, -0.2) is 0 Å². The van der Waals surface area contributed by atoms with Crippen LogP contribution >= 0.6 is 0 Å². The van der Waals surface area contributed by atoms with Crippen LogP contribution in [0.2, 0.25) is 0 Å². The number of hydrogen-bond donors (Lipinski definition) is 1. The first-order valence-electron chi connectivity index (χ1n) is 8.15. The third-order valence-electron chi connectivity index (χ3n) is 3.34. The summed E-state index contributed by atoms with van der Waals surface area (Å²) in [6, 6.07) is 13.6. The van der Waals surface area contributed by atoms with E-state index in [1.165, 1.54) is 0 Å². The normalized spacial score (nSPS) is 10.6. The fourth-order valence-electron chi connectivity index (χ4n) is 2.22. The lowest BCUT2D eigenvalue weighted by Gasteiger charge is -2.08. The molecule has 0 saturated carbocycles. The first kappa shape index (κ1) is 17.8. The number of carbonyl (C=O) groups excluding carboxylic acids is 2. The van der Waals surface area contributed by atoms with Gasteiger partial charge < -0.3 is 14.5 Å². The second kappa shape index (κ2) is 8.91. The van der Waals surface area contributed by atoms with Crippen molar-refractivity contribution in [2.24, 2.45) is 0 Å². The summed E-state index contributed by atoms with van der Waals surface area (Å²) in [5, 5.41) is 2.71. The van der Waals surface area contributed by atoms with E-state index in [-0.39, 0.29) is 30.9 Å². The lowest BCUT2D eigenvalue weighted by molar-refractivity contribution is -0.147. The Balaban J connectivity index is 1.71. The van der Waals surface area contributed by atoms with Gasteiger partial charge in [0.25, 0.3) is 0 Å². The number of amides is 1. The highest BCUT2D eigenvalue weighted by Gasteiger charge is 2.09. The minimum absolute atomic E-state index is 0.106. The van der Waals surface area contributed by atoms with Crippen LogP contribution in [0.1, 0.15) is 32.4 Å². The van der Waals surface area contributed by atoms with Crippen LogP contribution in [0.5, 0.6) is 0 Å². The molecule has 1 amide bonds. The largest absolute Gasteiger partial charge is 0.463 e. The van der Waals surface area contributed by atoms with Crippen molar-refractivity contribution in [3.63, 3.8) is 0 Å². The van der Waals surface area contributed by atoms with Crippen LogP contribution < -0.4 is 5.32 Å². The number of benzene rings is 1. The summed E-state index contributed by atoms with van der Waals surface area (Å²) >= 11 is 0. The highest BCUT2D eigenvalue weighted by molar-refractivity contribution is 5.77. The molecule has 0 aliphatic carbocycles. The average molecular weight is 329 g/mol. The molecule has 24 heavy (non-hydrogen) atoms. The van der Waals surface area contributed by atoms with E-state index in [9.17, 15) is 9.59 Å². The summed E-state index contributed by atoms with van der Waals surface area (Å²) in [4.78, 5) is 23.2. The van der Waals surface area contributed by atoms with Gasteiger partial charge in [-0.2, -0.15) is 0 Å². The zero-order valence-electron chi connectivity index (χ0n) is 14.1. The third kappa shape index (κ3) is 5.91. The standard InChI is InChI=1S/C19H23NO4/c1-14(2)23-19(22)12-13-20-18(21)11-9-16-8-10-17(24-16)15-6-4-3-5-7-15/h3-8,10,14H,9,11-13H2,1-2H3,(H,20,21). The molecule has 1 aromatic heterocycles. The number of ether oxygens (including phenoxy) is 1. The van der Waals surface area contributed by atoms with Crippen molar-refractivity contribution in [1.82, 2.24) is 5.32 Å². The van der Waals surface area contributed by atoms with Gasteiger partial charge in [-0.3, -0.25) is 9.59 Å². The van der Waals surface area contributed by atoms with Crippen molar-refractivity contribution in [2.45, 2.75) is 39.2 Å². The van der Waals surface area contributed by atoms with Gasteiger partial charge in [-0.05, 0) is 26.0 Å². The first-order chi connectivity index (χ1) is 11.5. The number of rotatable bonds is 8. The van der Waals surface area contributed by atoms with Crippen LogP contribution in [0.25, 0.3) is 11.3 Å². The van der Waals surface area contributed by atoms with Crippen molar-refractivity contribution in [3.8, 4) is 11.3 Å². The number of hydrogen-bond acceptors (Lipinski definition) is 4. The van der Waals surface area contributed by atoms with Gasteiger partial charge in [0.2, 0.25) is 5.91 Å². The average Bonchev–Trinajstić information content (AvgIpc) is 3.02. The Morgan fingerprint density at radius 1 is 1.08 bits per heavy atom. The SMILES string of the molecule is CC(C)OC(=O)CCNC(=O)CCc1ccc(-c2ccccc2)o1. The maximum absolute atomic E-state index is 11.8. The second-order valence-electron chi connectivity index (χ2n) is 5.77. The lowest BCUT2D eigenvalue weighted by Crippen LogP contribution is -2.27. The highest BCUT2D eigenvalue weighted by atomic mass is 16.5. The van der Waals surface area contributed by atoms with Crippen molar-refractivity contribution in [1.29, 1.82) is 0 Å². The van der Waals surface area contributed by atoms with Crippen LogP contribution in [-0.4, -0.2) is 24.5 Å². The molecule has 128 valence electrons. The lowest BCUT2D eigenvalue weighted by atomic mass is 10.2. The Labute approximate surface area is 142 Å². The van der Waals surface area contributed by atoms with Gasteiger partial charge in [0, 0.05) is 24.9 Å². The van der Waals surface area contributed by atoms with E-state index in [0.29, 0.717) is 12.8 Å². The van der Waals surface area contributed by atoms with Crippen LogP contribution in [-0.2, 0) is 20.7 Å². The monoisotopic (exact) mass is 329 g/mol. The molecule has 0 aliphatic heterocycles. The molecule has 0 saturated heterocycles. The van der Waals surface area contributed by atoms with E-state index >= 15 is 0 Å². The van der Waals surface area contributed by atoms with Crippen molar-refractivity contribution in [2.75, 3.05) is 6.54 Å². The molecule has 5 heteroatoms. The maximum atomic E-state index is 11.8. The summed E-state index contributed by atoms with van der Waals surface area (Å²) in [5.74, 6) is 1.15. The Bertz CT molecular complexity index is 661. The van der Waals surface area contributed by atoms with Crippen LogP contribution in [0.3, 0.4) is 0 Å². The van der Waals surface area contributed by atoms with E-state index < -0.39 is 0 Å². The fourth-order valence-corrected chi connectivity index (χ4v) is 2.22. The molecule has 2 rings (SSSR count). The summed E-state index contributed by atoms with van der Waals surface area (Å²) in [5.41, 5.74) is 1.01. The highest BCUT2D eigenvalue weighted by Crippen LogP contribution is 2.22. The number of nitrogens with one attached hydrogen (secondary N) is 1. The van der Waals surface area contributed by atoms with Crippen molar-refractivity contribution in [3.05, 3.63) is 48.2 Å². The quantitative estimate of drug-likeness (QED) is 0.754. The number of carbonyl (C=O) groups is 2. The van der Waals surface area contributed by atoms with E-state index in [0.717, 1.165) is 17.1 Å². The molecule has 0 atom stereocenters. The number of esters is 1. The minimum atomic E-state index is -0.302. The van der Waals surface area contributed by atoms with E-state index in [1.807, 2.05) is 42.5 Å². The molecule has 0 radical (unpaired) electrons. The van der Waals surface area contributed by atoms with Gasteiger partial charge in [0.05, 0.1) is 12.5 Å². The van der Waals surface area contributed by atoms with Crippen LogP contribution in [0, 0.1) is 0 Å². The number of furan rings is 1. The Hall–Kier alpha value is -2.56. The second-order valence-corrected chi connectivity index (χ2v) is 5.77. The summed E-state index contributed by atoms with van der Waals surface area (Å²) in [6.07, 6.45) is 0.893. The van der Waals surface area contributed by atoms with Crippen LogP contribution in [0.4, 0.5) is 0 Å². The van der Waals surface area contributed by atoms with E-state index in [2.05, 4.69) is 5.32 Å². The van der Waals surface area contributed by atoms with Gasteiger partial charge in [0.1, 0.15) is 11.5 Å². The molecule has 0 spiro atoms. The van der Waals surface area contributed by atoms with Crippen LogP contribution in [0.15, 0.2) is 46.9 Å². The van der Waals surface area contributed by atoms with Crippen molar-refractivity contribution < 1.29 is 18.7 Å². The summed E-state index contributed by atoms with van der Waals surface area (Å²) in [7, 11) is 0. The van der Waals surface area contributed by atoms with Crippen molar-refractivity contribution >= 4 is 11.9 Å². The zero-order chi connectivity index (χ0) is 17.4. The molecule has 0 bridgehead atoms. The molecular weight excluding hydrogens is 306 g/mol. The Kier molecular flexibility index (Phi) is 6.61. The maximum Gasteiger partial charge on any atom is 0.307 e. The van der Waals surface area contributed by atoms with Gasteiger partial charge in [-0.15, -0.1) is 0 Å². The molecule has 0 fully saturated rings. The predicted octanol–water partition coefficient (Wildman–Crippen LogP) is 3.34. The predicted molar refractivity (Wildman–Crippen MR) is 91.3 cm³/mol. The zero-order valence-corrected chi connectivity index (χ0v) is 14.1. The molecule has 1 heterocycles. The van der Waals surface area contributed by atoms with E-state index in [1.54, 1.807) is 13.8 Å². The Morgan fingerprint density at radius 2 is 1.83 bits per heavy atom. The fraction of sp³-hybridized carbons (Fsp3) is 0.368. The third-order valence-corrected chi connectivity index (χ3v) is 3.34. The molecule has 5 nitrogen and oxygen atoms in total. The molecular formula is C19H23NO4. The van der Waals surface area contributed by atoms with Gasteiger partial charge >= 0.3 is 5.97 Å².